The number of aromatic nitrogens is 1. The Morgan fingerprint density at radius 2 is 2.55 bits per heavy atom. The number of nitrogens with two attached hydrogens (primary N) is 1. The summed E-state index contributed by atoms with van der Waals surface area (Å²) in [6, 6.07) is 1.82. The Kier molecular flexibility index (Phi) is 2.62. The largest absolute Gasteiger partial charge is 0.374 e. The molecule has 1 unspecified atom stereocenters. The van der Waals surface area contributed by atoms with Crippen LogP contribution in [0.25, 0.3) is 0 Å². The first kappa shape index (κ1) is 8.23. The predicted molar refractivity (Wildman–Crippen MR) is 40.0 cm³/mol. The van der Waals surface area contributed by atoms with E-state index in [4.69, 9.17) is 15.0 Å². The molecule has 4 nitrogen and oxygen atoms in total. The van der Waals surface area contributed by atoms with Crippen molar-refractivity contribution in [1.82, 2.24) is 5.16 Å². The molecule has 0 spiro atoms. The van der Waals surface area contributed by atoms with E-state index < -0.39 is 0 Å². The smallest absolute Gasteiger partial charge is 0.134 e. The number of rotatable bonds is 3. The van der Waals surface area contributed by atoms with Crippen molar-refractivity contribution in [1.29, 1.82) is 0 Å². The minimum absolute atomic E-state index is 0.146. The topological polar surface area (TPSA) is 61.3 Å². The van der Waals surface area contributed by atoms with Crippen LogP contribution in [0.15, 0.2) is 10.6 Å². The van der Waals surface area contributed by atoms with Crippen LogP contribution in [0, 0.1) is 6.92 Å². The molecule has 2 N–H and O–H groups in total. The zero-order valence-corrected chi connectivity index (χ0v) is 6.70. The monoisotopic (exact) mass is 156 g/mol. The van der Waals surface area contributed by atoms with Gasteiger partial charge in [0.25, 0.3) is 0 Å². The summed E-state index contributed by atoms with van der Waals surface area (Å²) in [7, 11) is 1.60. The summed E-state index contributed by atoms with van der Waals surface area (Å²) in [6.07, 6.45) is -0.146. The molecular formula is C7H12N2O2. The second-order valence-corrected chi connectivity index (χ2v) is 2.32. The van der Waals surface area contributed by atoms with Crippen LogP contribution in [-0.4, -0.2) is 18.8 Å². The van der Waals surface area contributed by atoms with Gasteiger partial charge in [0.1, 0.15) is 17.6 Å². The zero-order valence-electron chi connectivity index (χ0n) is 6.70. The Hall–Kier alpha value is -0.870. The Balaban J connectivity index is 2.73. The maximum atomic E-state index is 5.42. The van der Waals surface area contributed by atoms with Crippen molar-refractivity contribution in [3.8, 4) is 0 Å². The van der Waals surface area contributed by atoms with E-state index in [9.17, 15) is 0 Å². The van der Waals surface area contributed by atoms with Crippen molar-refractivity contribution < 1.29 is 9.26 Å². The number of ether oxygens (including phenoxy) is 1. The molecule has 0 fully saturated rings. The third kappa shape index (κ3) is 1.78. The van der Waals surface area contributed by atoms with Gasteiger partial charge in [-0.2, -0.15) is 0 Å². The van der Waals surface area contributed by atoms with Crippen molar-refractivity contribution in [2.24, 2.45) is 5.73 Å². The molecule has 1 rings (SSSR count). The predicted octanol–water partition coefficient (Wildman–Crippen LogP) is 0.629. The van der Waals surface area contributed by atoms with Crippen LogP contribution < -0.4 is 5.73 Å². The fourth-order valence-corrected chi connectivity index (χ4v) is 0.875. The van der Waals surface area contributed by atoms with Crippen molar-refractivity contribution >= 4 is 0 Å². The molecule has 0 aliphatic heterocycles. The fourth-order valence-electron chi connectivity index (χ4n) is 0.875. The summed E-state index contributed by atoms with van der Waals surface area (Å²) < 4.78 is 9.91. The number of nitrogens with zero attached hydrogens (tertiary/aromatic N) is 1. The summed E-state index contributed by atoms with van der Waals surface area (Å²) >= 11 is 0. The standard InChI is InChI=1S/C7H12N2O2/c1-5-3-6(9-11-5)7(4-8)10-2/h3,7H,4,8H2,1-2H3. The molecule has 0 radical (unpaired) electrons. The number of aryl methyl sites for hydroxylation is 1. The van der Waals surface area contributed by atoms with Gasteiger partial charge in [0, 0.05) is 19.7 Å². The lowest BCUT2D eigenvalue weighted by molar-refractivity contribution is 0.103. The molecule has 11 heavy (non-hydrogen) atoms. The first-order valence-electron chi connectivity index (χ1n) is 3.44. The average Bonchev–Trinajstić information content (AvgIpc) is 2.39. The molecule has 0 saturated carbocycles. The molecule has 0 bridgehead atoms. The van der Waals surface area contributed by atoms with Gasteiger partial charge < -0.3 is 15.0 Å². The first-order chi connectivity index (χ1) is 5.27. The Morgan fingerprint density at radius 3 is 2.91 bits per heavy atom. The maximum absolute atomic E-state index is 5.42. The lowest BCUT2D eigenvalue weighted by Crippen LogP contribution is -2.14. The van der Waals surface area contributed by atoms with Gasteiger partial charge in [-0.3, -0.25) is 0 Å². The van der Waals surface area contributed by atoms with Gasteiger partial charge in [-0.15, -0.1) is 0 Å². The molecular weight excluding hydrogens is 144 g/mol. The Morgan fingerprint density at radius 1 is 1.82 bits per heavy atom. The highest BCUT2D eigenvalue weighted by molar-refractivity contribution is 5.07. The maximum Gasteiger partial charge on any atom is 0.134 e. The highest BCUT2D eigenvalue weighted by Gasteiger charge is 2.11. The van der Waals surface area contributed by atoms with Crippen LogP contribution in [0.3, 0.4) is 0 Å². The summed E-state index contributed by atoms with van der Waals surface area (Å²) in [5, 5.41) is 3.78. The molecule has 0 saturated heterocycles. The molecule has 0 aliphatic rings. The summed E-state index contributed by atoms with van der Waals surface area (Å²) in [6.45, 7) is 2.25. The van der Waals surface area contributed by atoms with E-state index >= 15 is 0 Å². The molecule has 0 aliphatic carbocycles. The Labute approximate surface area is 65.3 Å². The van der Waals surface area contributed by atoms with Gasteiger partial charge in [0.15, 0.2) is 0 Å². The first-order valence-corrected chi connectivity index (χ1v) is 3.44. The third-order valence-electron chi connectivity index (χ3n) is 1.47. The van der Waals surface area contributed by atoms with E-state index in [0.717, 1.165) is 11.5 Å². The summed E-state index contributed by atoms with van der Waals surface area (Å²) in [5.41, 5.74) is 6.17. The van der Waals surface area contributed by atoms with Crippen LogP contribution >= 0.6 is 0 Å². The third-order valence-corrected chi connectivity index (χ3v) is 1.47. The molecule has 1 atom stereocenters. The van der Waals surface area contributed by atoms with Gasteiger partial charge in [0.05, 0.1) is 0 Å². The highest BCUT2D eigenvalue weighted by atomic mass is 16.5. The minimum Gasteiger partial charge on any atom is -0.374 e. The van der Waals surface area contributed by atoms with Crippen LogP contribution in [0.5, 0.6) is 0 Å². The number of methoxy groups -OCH3 is 1. The fraction of sp³-hybridized carbons (Fsp3) is 0.571. The molecule has 4 heteroatoms. The lowest BCUT2D eigenvalue weighted by Gasteiger charge is -2.07. The number of hydrogen-bond acceptors (Lipinski definition) is 4. The van der Waals surface area contributed by atoms with Gasteiger partial charge >= 0.3 is 0 Å². The second kappa shape index (κ2) is 3.50. The Bertz CT molecular complexity index is 218. The van der Waals surface area contributed by atoms with Gasteiger partial charge in [-0.1, -0.05) is 5.16 Å². The number of hydrogen-bond donors (Lipinski definition) is 1. The van der Waals surface area contributed by atoms with Gasteiger partial charge in [0.2, 0.25) is 0 Å². The van der Waals surface area contributed by atoms with E-state index in [0.29, 0.717) is 6.54 Å². The second-order valence-electron chi connectivity index (χ2n) is 2.32. The van der Waals surface area contributed by atoms with E-state index in [1.165, 1.54) is 0 Å². The molecule has 1 aromatic rings. The molecule has 0 amide bonds. The summed E-state index contributed by atoms with van der Waals surface area (Å²) in [5.74, 6) is 0.774. The van der Waals surface area contributed by atoms with E-state index in [1.54, 1.807) is 7.11 Å². The molecule has 1 heterocycles. The van der Waals surface area contributed by atoms with Gasteiger partial charge in [-0.25, -0.2) is 0 Å². The van der Waals surface area contributed by atoms with E-state index in [-0.39, 0.29) is 6.10 Å². The molecule has 1 aromatic heterocycles. The van der Waals surface area contributed by atoms with Crippen molar-refractivity contribution in [2.75, 3.05) is 13.7 Å². The van der Waals surface area contributed by atoms with Gasteiger partial charge in [-0.05, 0) is 6.92 Å². The van der Waals surface area contributed by atoms with Crippen LogP contribution in [0.1, 0.15) is 17.6 Å². The van der Waals surface area contributed by atoms with Crippen LogP contribution in [-0.2, 0) is 4.74 Å². The highest BCUT2D eigenvalue weighted by Crippen LogP contribution is 2.13. The molecule has 0 aromatic carbocycles. The quantitative estimate of drug-likeness (QED) is 0.697. The lowest BCUT2D eigenvalue weighted by atomic mass is 10.2. The van der Waals surface area contributed by atoms with E-state index in [2.05, 4.69) is 5.16 Å². The van der Waals surface area contributed by atoms with Crippen LogP contribution in [0.4, 0.5) is 0 Å². The van der Waals surface area contributed by atoms with E-state index in [1.807, 2.05) is 13.0 Å². The molecule has 62 valence electrons. The van der Waals surface area contributed by atoms with Crippen molar-refractivity contribution in [3.05, 3.63) is 17.5 Å². The van der Waals surface area contributed by atoms with Crippen molar-refractivity contribution in [3.63, 3.8) is 0 Å². The minimum atomic E-state index is -0.146. The summed E-state index contributed by atoms with van der Waals surface area (Å²) in [4.78, 5) is 0. The van der Waals surface area contributed by atoms with Crippen molar-refractivity contribution in [2.45, 2.75) is 13.0 Å². The normalized spacial score (nSPS) is 13.4. The zero-order chi connectivity index (χ0) is 8.27. The SMILES string of the molecule is COC(CN)c1cc(C)on1. The van der Waals surface area contributed by atoms with Crippen LogP contribution in [0.2, 0.25) is 0 Å². The average molecular weight is 156 g/mol.